The van der Waals surface area contributed by atoms with Gasteiger partial charge in [-0.05, 0) is 24.8 Å². The number of likely N-dealkylation sites (tertiary alicyclic amines) is 1. The van der Waals surface area contributed by atoms with E-state index in [2.05, 4.69) is 18.7 Å². The summed E-state index contributed by atoms with van der Waals surface area (Å²) in [7, 11) is 0. The number of nitrogens with zero attached hydrogens (tertiary/aromatic N) is 1. The van der Waals surface area contributed by atoms with Gasteiger partial charge in [0, 0.05) is 19.7 Å². The summed E-state index contributed by atoms with van der Waals surface area (Å²) in [6.07, 6.45) is 2.67. The van der Waals surface area contributed by atoms with Gasteiger partial charge in [-0.3, -0.25) is 0 Å². The topological polar surface area (TPSA) is 23.5 Å². The molecule has 1 saturated heterocycles. The van der Waals surface area contributed by atoms with Crippen LogP contribution >= 0.6 is 0 Å². The number of rotatable bonds is 4. The van der Waals surface area contributed by atoms with Crippen molar-refractivity contribution >= 4 is 0 Å². The summed E-state index contributed by atoms with van der Waals surface area (Å²) < 4.78 is 0. The molecule has 1 aliphatic rings. The lowest BCUT2D eigenvalue weighted by atomic mass is 10.1. The third-order valence-electron chi connectivity index (χ3n) is 2.83. The molecule has 0 aromatic rings. The Morgan fingerprint density at radius 2 is 2.33 bits per heavy atom. The summed E-state index contributed by atoms with van der Waals surface area (Å²) in [6.45, 7) is 8.27. The maximum absolute atomic E-state index is 8.89. The van der Waals surface area contributed by atoms with E-state index in [0.717, 1.165) is 12.5 Å². The average molecular weight is 171 g/mol. The Bertz CT molecular complexity index is 127. The first-order valence-corrected chi connectivity index (χ1v) is 5.09. The first-order chi connectivity index (χ1) is 5.76. The Balaban J connectivity index is 2.18. The lowest BCUT2D eigenvalue weighted by Crippen LogP contribution is -2.27. The van der Waals surface area contributed by atoms with Gasteiger partial charge in [-0.15, -0.1) is 0 Å². The number of hydrogen-bond donors (Lipinski definition) is 1. The lowest BCUT2D eigenvalue weighted by Gasteiger charge is -2.18. The summed E-state index contributed by atoms with van der Waals surface area (Å²) >= 11 is 0. The van der Waals surface area contributed by atoms with Gasteiger partial charge in [-0.1, -0.05) is 20.3 Å². The smallest absolute Gasteiger partial charge is 0.0468 e. The van der Waals surface area contributed by atoms with E-state index in [1.807, 2.05) is 0 Å². The van der Waals surface area contributed by atoms with Gasteiger partial charge < -0.3 is 10.0 Å². The molecule has 1 N–H and O–H groups in total. The van der Waals surface area contributed by atoms with Crippen molar-refractivity contribution in [3.8, 4) is 0 Å². The summed E-state index contributed by atoms with van der Waals surface area (Å²) in [4.78, 5) is 2.48. The van der Waals surface area contributed by atoms with Gasteiger partial charge >= 0.3 is 0 Å². The van der Waals surface area contributed by atoms with Crippen LogP contribution in [0.5, 0.6) is 0 Å². The molecular weight excluding hydrogens is 150 g/mol. The number of aliphatic hydroxyl groups excluding tert-OH is 1. The summed E-state index contributed by atoms with van der Waals surface area (Å²) in [5, 5.41) is 8.89. The fourth-order valence-corrected chi connectivity index (χ4v) is 1.91. The second-order valence-electron chi connectivity index (χ2n) is 4.11. The molecule has 0 bridgehead atoms. The third kappa shape index (κ3) is 2.76. The second kappa shape index (κ2) is 4.83. The van der Waals surface area contributed by atoms with Gasteiger partial charge in [0.05, 0.1) is 0 Å². The zero-order chi connectivity index (χ0) is 8.97. The maximum atomic E-state index is 8.89. The van der Waals surface area contributed by atoms with E-state index in [9.17, 15) is 0 Å². The molecule has 2 heteroatoms. The van der Waals surface area contributed by atoms with Gasteiger partial charge in [0.25, 0.3) is 0 Å². The molecule has 0 aromatic heterocycles. The molecule has 72 valence electrons. The number of hydrogen-bond acceptors (Lipinski definition) is 2. The molecule has 1 rings (SSSR count). The highest BCUT2D eigenvalue weighted by Gasteiger charge is 2.21. The molecule has 1 heterocycles. The minimum Gasteiger partial charge on any atom is -0.396 e. The molecule has 1 aliphatic heterocycles. The zero-order valence-corrected chi connectivity index (χ0v) is 8.29. The van der Waals surface area contributed by atoms with E-state index >= 15 is 0 Å². The van der Waals surface area contributed by atoms with Gasteiger partial charge in [-0.25, -0.2) is 0 Å². The molecule has 12 heavy (non-hydrogen) atoms. The molecule has 0 aromatic carbocycles. The number of aliphatic hydroxyl groups is 1. The van der Waals surface area contributed by atoms with Crippen LogP contribution in [-0.2, 0) is 0 Å². The summed E-state index contributed by atoms with van der Waals surface area (Å²) in [6, 6.07) is 0. The molecule has 0 amide bonds. The van der Waals surface area contributed by atoms with Crippen LogP contribution in [0.2, 0.25) is 0 Å². The standard InChI is InChI=1S/C10H21NO/c1-3-10-4-5-11(7-10)6-9(2)8-12/h9-10,12H,3-8H2,1-2H3. The fraction of sp³-hybridized carbons (Fsp3) is 1.00. The second-order valence-corrected chi connectivity index (χ2v) is 4.11. The third-order valence-corrected chi connectivity index (χ3v) is 2.83. The van der Waals surface area contributed by atoms with E-state index in [4.69, 9.17) is 5.11 Å². The van der Waals surface area contributed by atoms with E-state index in [0.29, 0.717) is 12.5 Å². The van der Waals surface area contributed by atoms with Crippen molar-refractivity contribution in [1.82, 2.24) is 4.90 Å². The minimum atomic E-state index is 0.327. The normalized spacial score (nSPS) is 27.8. The Labute approximate surface area is 75.6 Å². The Morgan fingerprint density at radius 3 is 2.83 bits per heavy atom. The summed E-state index contributed by atoms with van der Waals surface area (Å²) in [5.74, 6) is 1.36. The van der Waals surface area contributed by atoms with Crippen molar-refractivity contribution in [2.24, 2.45) is 11.8 Å². The van der Waals surface area contributed by atoms with Crippen molar-refractivity contribution in [1.29, 1.82) is 0 Å². The SMILES string of the molecule is CCC1CCN(CC(C)CO)C1. The average Bonchev–Trinajstić information content (AvgIpc) is 2.52. The molecule has 1 fully saturated rings. The zero-order valence-electron chi connectivity index (χ0n) is 8.29. The van der Waals surface area contributed by atoms with Crippen LogP contribution in [-0.4, -0.2) is 36.2 Å². The molecular formula is C10H21NO. The monoisotopic (exact) mass is 171 g/mol. The van der Waals surface area contributed by atoms with Crippen molar-refractivity contribution in [2.75, 3.05) is 26.2 Å². The maximum Gasteiger partial charge on any atom is 0.0468 e. The lowest BCUT2D eigenvalue weighted by molar-refractivity contribution is 0.188. The van der Waals surface area contributed by atoms with Gasteiger partial charge in [0.2, 0.25) is 0 Å². The predicted molar refractivity (Wildman–Crippen MR) is 51.1 cm³/mol. The van der Waals surface area contributed by atoms with Gasteiger partial charge in [0.15, 0.2) is 0 Å². The molecule has 0 saturated carbocycles. The van der Waals surface area contributed by atoms with Crippen LogP contribution in [0.3, 0.4) is 0 Å². The summed E-state index contributed by atoms with van der Waals surface area (Å²) in [5.41, 5.74) is 0. The fourth-order valence-electron chi connectivity index (χ4n) is 1.91. The van der Waals surface area contributed by atoms with Gasteiger partial charge in [-0.2, -0.15) is 0 Å². The highest BCUT2D eigenvalue weighted by atomic mass is 16.3. The Hall–Kier alpha value is -0.0800. The van der Waals surface area contributed by atoms with Crippen LogP contribution in [0.15, 0.2) is 0 Å². The highest BCUT2D eigenvalue weighted by Crippen LogP contribution is 2.19. The van der Waals surface area contributed by atoms with Crippen LogP contribution < -0.4 is 0 Å². The van der Waals surface area contributed by atoms with Crippen molar-refractivity contribution in [3.63, 3.8) is 0 Å². The predicted octanol–water partition coefficient (Wildman–Crippen LogP) is 1.35. The first kappa shape index (κ1) is 10.0. The van der Waals surface area contributed by atoms with E-state index in [-0.39, 0.29) is 0 Å². The van der Waals surface area contributed by atoms with Crippen LogP contribution in [0.1, 0.15) is 26.7 Å². The molecule has 0 spiro atoms. The van der Waals surface area contributed by atoms with Crippen LogP contribution in [0, 0.1) is 11.8 Å². The molecule has 2 atom stereocenters. The van der Waals surface area contributed by atoms with E-state index < -0.39 is 0 Å². The highest BCUT2D eigenvalue weighted by molar-refractivity contribution is 4.75. The quantitative estimate of drug-likeness (QED) is 0.690. The minimum absolute atomic E-state index is 0.327. The molecule has 0 aliphatic carbocycles. The van der Waals surface area contributed by atoms with E-state index in [1.54, 1.807) is 0 Å². The van der Waals surface area contributed by atoms with Crippen molar-refractivity contribution in [3.05, 3.63) is 0 Å². The van der Waals surface area contributed by atoms with Crippen LogP contribution in [0.25, 0.3) is 0 Å². The van der Waals surface area contributed by atoms with Crippen molar-refractivity contribution < 1.29 is 5.11 Å². The van der Waals surface area contributed by atoms with Gasteiger partial charge in [0.1, 0.15) is 0 Å². The molecule has 2 unspecified atom stereocenters. The Morgan fingerprint density at radius 1 is 1.58 bits per heavy atom. The van der Waals surface area contributed by atoms with Crippen molar-refractivity contribution in [2.45, 2.75) is 26.7 Å². The Kier molecular flexibility index (Phi) is 4.02. The first-order valence-electron chi connectivity index (χ1n) is 5.09. The van der Waals surface area contributed by atoms with E-state index in [1.165, 1.54) is 25.9 Å². The largest absolute Gasteiger partial charge is 0.396 e. The molecule has 2 nitrogen and oxygen atoms in total. The molecule has 0 radical (unpaired) electrons. The van der Waals surface area contributed by atoms with Crippen LogP contribution in [0.4, 0.5) is 0 Å².